The van der Waals surface area contributed by atoms with Gasteiger partial charge in [0, 0.05) is 17.7 Å². The molecule has 0 bridgehead atoms. The second-order valence-electron chi connectivity index (χ2n) is 4.15. The van der Waals surface area contributed by atoms with E-state index < -0.39 is 35.4 Å². The molecule has 1 N–H and O–H groups in total. The first-order valence-corrected chi connectivity index (χ1v) is 6.57. The van der Waals surface area contributed by atoms with Crippen molar-refractivity contribution in [1.82, 2.24) is 0 Å². The molecule has 0 atom stereocenters. The average molecular weight is 365 g/mol. The zero-order valence-corrected chi connectivity index (χ0v) is 12.1. The van der Waals surface area contributed by atoms with E-state index in [-0.39, 0.29) is 22.4 Å². The third-order valence-electron chi connectivity index (χ3n) is 2.78. The third kappa shape index (κ3) is 3.36. The first-order chi connectivity index (χ1) is 9.93. The number of aliphatic hydroxyl groups is 1. The summed E-state index contributed by atoms with van der Waals surface area (Å²) < 4.78 is 58.4. The van der Waals surface area contributed by atoms with Crippen molar-refractivity contribution in [2.75, 3.05) is 0 Å². The number of hydrogen-bond acceptors (Lipinski definition) is 2. The van der Waals surface area contributed by atoms with Crippen LogP contribution in [0.1, 0.15) is 11.1 Å². The van der Waals surface area contributed by atoms with Crippen molar-refractivity contribution in [3.05, 3.63) is 63.1 Å². The molecule has 112 valence electrons. The van der Waals surface area contributed by atoms with E-state index in [1.165, 1.54) is 6.07 Å². The lowest BCUT2D eigenvalue weighted by atomic mass is 10.2. The molecule has 2 aromatic rings. The fraction of sp³-hybridized carbons (Fsp3) is 0.143. The highest BCUT2D eigenvalue weighted by atomic mass is 79.9. The monoisotopic (exact) mass is 364 g/mol. The van der Waals surface area contributed by atoms with Gasteiger partial charge in [0.25, 0.3) is 0 Å². The third-order valence-corrected chi connectivity index (χ3v) is 3.52. The Labute approximate surface area is 126 Å². The summed E-state index contributed by atoms with van der Waals surface area (Å²) in [5, 5.41) is 8.86. The molecule has 2 nitrogen and oxygen atoms in total. The molecule has 0 radical (unpaired) electrons. The molecule has 0 aliphatic heterocycles. The van der Waals surface area contributed by atoms with Gasteiger partial charge in [-0.25, -0.2) is 17.6 Å². The molecule has 0 aliphatic carbocycles. The Morgan fingerprint density at radius 1 is 1.05 bits per heavy atom. The number of hydrogen-bond donors (Lipinski definition) is 1. The number of aliphatic hydroxyl groups excluding tert-OH is 1. The SMILES string of the molecule is OCc1c(F)cc(OCc2ccc(F)cc2F)c(Br)c1F. The van der Waals surface area contributed by atoms with Crippen molar-refractivity contribution in [1.29, 1.82) is 0 Å². The van der Waals surface area contributed by atoms with Gasteiger partial charge in [-0.15, -0.1) is 0 Å². The van der Waals surface area contributed by atoms with Crippen molar-refractivity contribution in [3.63, 3.8) is 0 Å². The topological polar surface area (TPSA) is 29.5 Å². The molecule has 0 amide bonds. The lowest BCUT2D eigenvalue weighted by molar-refractivity contribution is 0.264. The van der Waals surface area contributed by atoms with Crippen LogP contribution in [0.5, 0.6) is 5.75 Å². The minimum Gasteiger partial charge on any atom is -0.487 e. The highest BCUT2D eigenvalue weighted by Gasteiger charge is 2.17. The maximum atomic E-state index is 13.7. The van der Waals surface area contributed by atoms with E-state index >= 15 is 0 Å². The number of ether oxygens (including phenoxy) is 1. The Balaban J connectivity index is 2.24. The molecule has 0 saturated carbocycles. The van der Waals surface area contributed by atoms with E-state index in [9.17, 15) is 17.6 Å². The van der Waals surface area contributed by atoms with Gasteiger partial charge >= 0.3 is 0 Å². The van der Waals surface area contributed by atoms with Crippen LogP contribution in [0, 0.1) is 23.3 Å². The zero-order valence-electron chi connectivity index (χ0n) is 10.5. The lowest BCUT2D eigenvalue weighted by Crippen LogP contribution is -2.03. The van der Waals surface area contributed by atoms with Crippen LogP contribution in [0.3, 0.4) is 0 Å². The minimum atomic E-state index is -0.993. The van der Waals surface area contributed by atoms with E-state index in [1.54, 1.807) is 0 Å². The Hall–Kier alpha value is -1.60. The van der Waals surface area contributed by atoms with Gasteiger partial charge in [0.1, 0.15) is 35.6 Å². The molecule has 0 aliphatic rings. The van der Waals surface area contributed by atoms with Crippen LogP contribution in [-0.4, -0.2) is 5.11 Å². The quantitative estimate of drug-likeness (QED) is 0.654. The second kappa shape index (κ2) is 6.44. The Morgan fingerprint density at radius 2 is 1.76 bits per heavy atom. The molecule has 7 heteroatoms. The zero-order chi connectivity index (χ0) is 15.6. The largest absolute Gasteiger partial charge is 0.487 e. The number of benzene rings is 2. The first kappa shape index (κ1) is 15.8. The maximum Gasteiger partial charge on any atom is 0.149 e. The Kier molecular flexibility index (Phi) is 4.84. The van der Waals surface area contributed by atoms with E-state index in [0.29, 0.717) is 6.07 Å². The van der Waals surface area contributed by atoms with Crippen LogP contribution in [0.2, 0.25) is 0 Å². The van der Waals surface area contributed by atoms with Crippen LogP contribution < -0.4 is 4.74 Å². The highest BCUT2D eigenvalue weighted by Crippen LogP contribution is 2.32. The van der Waals surface area contributed by atoms with Crippen LogP contribution in [0.25, 0.3) is 0 Å². The molecule has 21 heavy (non-hydrogen) atoms. The van der Waals surface area contributed by atoms with Gasteiger partial charge < -0.3 is 9.84 Å². The molecular formula is C14H9BrF4O2. The molecule has 0 unspecified atom stereocenters. The summed E-state index contributed by atoms with van der Waals surface area (Å²) in [5.74, 6) is -3.72. The van der Waals surface area contributed by atoms with Gasteiger partial charge in [0.05, 0.1) is 16.6 Å². The van der Waals surface area contributed by atoms with Crippen molar-refractivity contribution in [3.8, 4) is 5.75 Å². The molecule has 0 aromatic heterocycles. The summed E-state index contributed by atoms with van der Waals surface area (Å²) in [6.07, 6.45) is 0. The minimum absolute atomic E-state index is 0.0374. The Morgan fingerprint density at radius 3 is 2.38 bits per heavy atom. The van der Waals surface area contributed by atoms with Gasteiger partial charge in [-0.3, -0.25) is 0 Å². The maximum absolute atomic E-state index is 13.7. The van der Waals surface area contributed by atoms with Crippen LogP contribution in [0.15, 0.2) is 28.7 Å². The van der Waals surface area contributed by atoms with E-state index in [4.69, 9.17) is 9.84 Å². The predicted octanol–water partition coefficient (Wildman–Crippen LogP) is 4.08. The van der Waals surface area contributed by atoms with E-state index in [2.05, 4.69) is 15.9 Å². The first-order valence-electron chi connectivity index (χ1n) is 5.78. The van der Waals surface area contributed by atoms with E-state index in [0.717, 1.165) is 12.1 Å². The van der Waals surface area contributed by atoms with Gasteiger partial charge in [-0.1, -0.05) is 0 Å². The van der Waals surface area contributed by atoms with Crippen LogP contribution in [-0.2, 0) is 13.2 Å². The lowest BCUT2D eigenvalue weighted by Gasteiger charge is -2.12. The molecule has 0 heterocycles. The fourth-order valence-electron chi connectivity index (χ4n) is 1.66. The van der Waals surface area contributed by atoms with Gasteiger partial charge in [0.2, 0.25) is 0 Å². The normalized spacial score (nSPS) is 10.8. The van der Waals surface area contributed by atoms with Crippen molar-refractivity contribution in [2.24, 2.45) is 0 Å². The smallest absolute Gasteiger partial charge is 0.149 e. The summed E-state index contributed by atoms with van der Waals surface area (Å²) in [6.45, 7) is -1.13. The van der Waals surface area contributed by atoms with Gasteiger partial charge in [-0.2, -0.15) is 0 Å². The summed E-state index contributed by atoms with van der Waals surface area (Å²) in [6, 6.07) is 3.78. The predicted molar refractivity (Wildman–Crippen MR) is 70.7 cm³/mol. The summed E-state index contributed by atoms with van der Waals surface area (Å²) in [4.78, 5) is 0. The highest BCUT2D eigenvalue weighted by molar-refractivity contribution is 9.10. The average Bonchev–Trinajstić information content (AvgIpc) is 2.43. The molecule has 0 spiro atoms. The van der Waals surface area contributed by atoms with Gasteiger partial charge in [0.15, 0.2) is 0 Å². The van der Waals surface area contributed by atoms with Gasteiger partial charge in [-0.05, 0) is 28.1 Å². The standard InChI is InChI=1S/C14H9BrF4O2/c15-13-12(4-11(18)9(5-20)14(13)19)21-6-7-1-2-8(16)3-10(7)17/h1-4,20H,5-6H2. The van der Waals surface area contributed by atoms with E-state index in [1.807, 2.05) is 0 Å². The summed E-state index contributed by atoms with van der Waals surface area (Å²) in [7, 11) is 0. The number of rotatable bonds is 4. The van der Waals surface area contributed by atoms with Crippen molar-refractivity contribution >= 4 is 15.9 Å². The second-order valence-corrected chi connectivity index (χ2v) is 4.94. The fourth-order valence-corrected chi connectivity index (χ4v) is 2.12. The molecule has 2 rings (SSSR count). The molecule has 2 aromatic carbocycles. The molecule has 0 fully saturated rings. The number of halogens is 5. The van der Waals surface area contributed by atoms with Crippen LogP contribution in [0.4, 0.5) is 17.6 Å². The van der Waals surface area contributed by atoms with Crippen molar-refractivity contribution in [2.45, 2.75) is 13.2 Å². The molecular weight excluding hydrogens is 356 g/mol. The Bertz CT molecular complexity index is 677. The molecule has 0 saturated heterocycles. The summed E-state index contributed by atoms with van der Waals surface area (Å²) in [5.41, 5.74) is -0.461. The van der Waals surface area contributed by atoms with Crippen LogP contribution >= 0.6 is 15.9 Å². The van der Waals surface area contributed by atoms with Crippen molar-refractivity contribution < 1.29 is 27.4 Å². The summed E-state index contributed by atoms with van der Waals surface area (Å²) >= 11 is 2.88.